The first-order chi connectivity index (χ1) is 13.5. The summed E-state index contributed by atoms with van der Waals surface area (Å²) in [6.07, 6.45) is -4.47. The molecule has 2 N–H and O–H groups in total. The number of hydrogen-bond acceptors (Lipinski definition) is 3. The maximum absolute atomic E-state index is 13.2. The monoisotopic (exact) mass is 411 g/mol. The number of alkyl halides is 3. The quantitative estimate of drug-likeness (QED) is 0.685. The predicted octanol–water partition coefficient (Wildman–Crippen LogP) is 3.58. The van der Waals surface area contributed by atoms with E-state index in [1.165, 1.54) is 30.3 Å². The molecule has 0 radical (unpaired) electrons. The van der Waals surface area contributed by atoms with Crippen molar-refractivity contribution in [3.8, 4) is 0 Å². The molecule has 9 heteroatoms. The van der Waals surface area contributed by atoms with Gasteiger partial charge in [0.1, 0.15) is 12.4 Å². The van der Waals surface area contributed by atoms with Gasteiger partial charge in [0.2, 0.25) is 5.91 Å². The van der Waals surface area contributed by atoms with Crippen LogP contribution in [0.1, 0.15) is 22.8 Å². The van der Waals surface area contributed by atoms with Crippen molar-refractivity contribution in [3.63, 3.8) is 0 Å². The first-order valence-electron chi connectivity index (χ1n) is 8.76. The van der Waals surface area contributed by atoms with Gasteiger partial charge in [-0.05, 0) is 49.9 Å². The van der Waals surface area contributed by atoms with Gasteiger partial charge in [0, 0.05) is 17.8 Å². The van der Waals surface area contributed by atoms with Gasteiger partial charge in [-0.15, -0.1) is 0 Å². The third-order valence-electron chi connectivity index (χ3n) is 4.23. The van der Waals surface area contributed by atoms with Gasteiger partial charge in [-0.3, -0.25) is 14.5 Å². The molecule has 0 aliphatic rings. The van der Waals surface area contributed by atoms with Gasteiger partial charge in [0.25, 0.3) is 5.91 Å². The van der Waals surface area contributed by atoms with Gasteiger partial charge < -0.3 is 10.6 Å². The number of hydrogen-bond donors (Lipinski definition) is 2. The average Bonchev–Trinajstić information content (AvgIpc) is 2.65. The zero-order valence-electron chi connectivity index (χ0n) is 15.9. The first kappa shape index (κ1) is 22.4. The van der Waals surface area contributed by atoms with Crippen LogP contribution in [0.25, 0.3) is 0 Å². The Bertz CT molecular complexity index is 854. The Morgan fingerprint density at radius 2 is 1.76 bits per heavy atom. The van der Waals surface area contributed by atoms with Crippen LogP contribution in [0.2, 0.25) is 0 Å². The summed E-state index contributed by atoms with van der Waals surface area (Å²) in [5.74, 6) is -1.59. The molecule has 0 saturated carbocycles. The number of nitrogens with zero attached hydrogens (tertiary/aromatic N) is 1. The lowest BCUT2D eigenvalue weighted by Crippen LogP contribution is -2.39. The highest BCUT2D eigenvalue weighted by atomic mass is 19.4. The standard InChI is InChI=1S/C20H21F4N3O2/c1-13(18(28)26-17-5-3-4-16(21)10-17)27(2)11-14-6-8-15(9-7-14)19(29)25-12-20(22,23)24/h3-10,13H,11-12H2,1-2H3,(H,25,29)(H,26,28)/t13-/m1/s1. The van der Waals surface area contributed by atoms with Crippen molar-refractivity contribution in [2.45, 2.75) is 25.7 Å². The van der Waals surface area contributed by atoms with Crippen molar-refractivity contribution in [2.24, 2.45) is 0 Å². The highest BCUT2D eigenvalue weighted by Gasteiger charge is 2.27. The SMILES string of the molecule is C[C@H](C(=O)Nc1cccc(F)c1)N(C)Cc1ccc(C(=O)NCC(F)(F)F)cc1. The zero-order valence-corrected chi connectivity index (χ0v) is 15.9. The number of likely N-dealkylation sites (N-methyl/N-ethyl adjacent to an activating group) is 1. The highest BCUT2D eigenvalue weighted by molar-refractivity contribution is 5.95. The normalized spacial score (nSPS) is 12.5. The molecule has 2 aromatic carbocycles. The molecule has 2 rings (SSSR count). The number of benzene rings is 2. The molecule has 0 spiro atoms. The molecule has 0 aliphatic carbocycles. The third-order valence-corrected chi connectivity index (χ3v) is 4.23. The minimum atomic E-state index is -4.47. The van der Waals surface area contributed by atoms with Gasteiger partial charge >= 0.3 is 6.18 Å². The fraction of sp³-hybridized carbons (Fsp3) is 0.300. The van der Waals surface area contributed by atoms with E-state index in [1.807, 2.05) is 0 Å². The van der Waals surface area contributed by atoms with Crippen LogP contribution >= 0.6 is 0 Å². The molecule has 0 unspecified atom stereocenters. The van der Waals surface area contributed by atoms with Crippen LogP contribution in [0.3, 0.4) is 0 Å². The molecule has 0 aromatic heterocycles. The fourth-order valence-electron chi connectivity index (χ4n) is 2.48. The number of rotatable bonds is 7. The van der Waals surface area contributed by atoms with Gasteiger partial charge in [-0.25, -0.2) is 4.39 Å². The van der Waals surface area contributed by atoms with E-state index in [0.717, 1.165) is 5.56 Å². The number of carbonyl (C=O) groups is 2. The van der Waals surface area contributed by atoms with E-state index in [4.69, 9.17) is 0 Å². The van der Waals surface area contributed by atoms with Crippen molar-refractivity contribution in [3.05, 3.63) is 65.5 Å². The van der Waals surface area contributed by atoms with Crippen molar-refractivity contribution in [1.82, 2.24) is 10.2 Å². The Morgan fingerprint density at radius 3 is 2.34 bits per heavy atom. The van der Waals surface area contributed by atoms with Crippen molar-refractivity contribution in [2.75, 3.05) is 18.9 Å². The Kier molecular flexibility index (Phi) is 7.33. The van der Waals surface area contributed by atoms with E-state index in [0.29, 0.717) is 12.2 Å². The van der Waals surface area contributed by atoms with E-state index in [1.54, 1.807) is 42.4 Å². The average molecular weight is 411 g/mol. The lowest BCUT2D eigenvalue weighted by molar-refractivity contribution is -0.123. The van der Waals surface area contributed by atoms with Gasteiger partial charge in [0.15, 0.2) is 0 Å². The molecule has 156 valence electrons. The lowest BCUT2D eigenvalue weighted by Gasteiger charge is -2.24. The number of carbonyl (C=O) groups excluding carboxylic acids is 2. The minimum Gasteiger partial charge on any atom is -0.343 e. The third kappa shape index (κ3) is 7.19. The minimum absolute atomic E-state index is 0.109. The molecule has 1 atom stereocenters. The summed E-state index contributed by atoms with van der Waals surface area (Å²) in [5, 5.41) is 4.44. The largest absolute Gasteiger partial charge is 0.405 e. The fourth-order valence-corrected chi connectivity index (χ4v) is 2.48. The topological polar surface area (TPSA) is 61.4 Å². The molecule has 5 nitrogen and oxygen atoms in total. The van der Waals surface area contributed by atoms with E-state index in [-0.39, 0.29) is 11.5 Å². The molecule has 0 heterocycles. The predicted molar refractivity (Wildman–Crippen MR) is 101 cm³/mol. The number of halogens is 4. The van der Waals surface area contributed by atoms with Gasteiger partial charge in [0.05, 0.1) is 6.04 Å². The maximum Gasteiger partial charge on any atom is 0.405 e. The van der Waals surface area contributed by atoms with Crippen LogP contribution in [0.15, 0.2) is 48.5 Å². The van der Waals surface area contributed by atoms with Gasteiger partial charge in [-0.1, -0.05) is 18.2 Å². The molecule has 0 fully saturated rings. The lowest BCUT2D eigenvalue weighted by atomic mass is 10.1. The van der Waals surface area contributed by atoms with Crippen LogP contribution in [0.5, 0.6) is 0 Å². The van der Waals surface area contributed by atoms with Crippen LogP contribution in [0, 0.1) is 5.82 Å². The van der Waals surface area contributed by atoms with E-state index in [2.05, 4.69) is 5.32 Å². The molecular weight excluding hydrogens is 390 g/mol. The summed E-state index contributed by atoms with van der Waals surface area (Å²) in [4.78, 5) is 25.8. The second kappa shape index (κ2) is 9.51. The summed E-state index contributed by atoms with van der Waals surface area (Å²) in [5.41, 5.74) is 1.23. The Hall–Kier alpha value is -2.94. The number of nitrogens with one attached hydrogen (secondary N) is 2. The number of anilines is 1. The second-order valence-corrected chi connectivity index (χ2v) is 6.59. The summed E-state index contributed by atoms with van der Waals surface area (Å²) in [7, 11) is 1.72. The summed E-state index contributed by atoms with van der Waals surface area (Å²) in [6.45, 7) is 0.657. The van der Waals surface area contributed by atoms with Crippen molar-refractivity contribution in [1.29, 1.82) is 0 Å². The summed E-state index contributed by atoms with van der Waals surface area (Å²) < 4.78 is 49.7. The second-order valence-electron chi connectivity index (χ2n) is 6.59. The Labute approximate surface area is 165 Å². The van der Waals surface area contributed by atoms with Crippen molar-refractivity contribution >= 4 is 17.5 Å². The van der Waals surface area contributed by atoms with Crippen LogP contribution in [0.4, 0.5) is 23.2 Å². The molecule has 2 amide bonds. The first-order valence-corrected chi connectivity index (χ1v) is 8.76. The smallest absolute Gasteiger partial charge is 0.343 e. The van der Waals surface area contributed by atoms with Crippen LogP contribution < -0.4 is 10.6 Å². The molecule has 2 aromatic rings. The van der Waals surface area contributed by atoms with E-state index in [9.17, 15) is 27.2 Å². The summed E-state index contributed by atoms with van der Waals surface area (Å²) >= 11 is 0. The van der Waals surface area contributed by atoms with Crippen LogP contribution in [-0.4, -0.2) is 42.5 Å². The van der Waals surface area contributed by atoms with Crippen molar-refractivity contribution < 1.29 is 27.2 Å². The van der Waals surface area contributed by atoms with E-state index >= 15 is 0 Å². The molecule has 0 bridgehead atoms. The number of amides is 2. The molecule has 0 aliphatic heterocycles. The van der Waals surface area contributed by atoms with Gasteiger partial charge in [-0.2, -0.15) is 13.2 Å². The highest BCUT2D eigenvalue weighted by Crippen LogP contribution is 2.14. The molecular formula is C20H21F4N3O2. The van der Waals surface area contributed by atoms with E-state index < -0.39 is 30.5 Å². The van der Waals surface area contributed by atoms with Crippen LogP contribution in [-0.2, 0) is 11.3 Å². The zero-order chi connectivity index (χ0) is 21.6. The molecule has 29 heavy (non-hydrogen) atoms. The summed E-state index contributed by atoms with van der Waals surface area (Å²) in [6, 6.07) is 11.1. The Balaban J connectivity index is 1.91. The maximum atomic E-state index is 13.2. The molecule has 0 saturated heterocycles. The Morgan fingerprint density at radius 1 is 1.10 bits per heavy atom.